The van der Waals surface area contributed by atoms with Crippen molar-refractivity contribution in [3.05, 3.63) is 36.5 Å². The molecule has 19 heavy (non-hydrogen) atoms. The summed E-state index contributed by atoms with van der Waals surface area (Å²) in [5, 5.41) is 8.69. The van der Waals surface area contributed by atoms with Crippen LogP contribution in [0.2, 0.25) is 0 Å². The molecule has 0 aliphatic heterocycles. The second-order valence-electron chi connectivity index (χ2n) is 5.24. The number of rotatable bonds is 8. The highest BCUT2D eigenvalue weighted by molar-refractivity contribution is 4.90. The van der Waals surface area contributed by atoms with Gasteiger partial charge in [-0.05, 0) is 44.4 Å². The molecule has 112 valence electrons. The fourth-order valence-corrected chi connectivity index (χ4v) is 1.30. The first kappa shape index (κ1) is 20.5. The van der Waals surface area contributed by atoms with E-state index in [1.165, 1.54) is 6.42 Å². The van der Waals surface area contributed by atoms with Gasteiger partial charge in [-0.3, -0.25) is 0 Å². The zero-order chi connectivity index (χ0) is 14.9. The predicted octanol–water partition coefficient (Wildman–Crippen LogP) is 5.53. The standard InChI is InChI=1S/C10H20O.C8H14/c1-9(2)6-4-5-7-10(3)8-11;1-3-5-7-8-6-4-2/h5,7,9-11H,4,6,8H2,1-3H3;3,5-6,8H,4,7H2,1-2H3. The van der Waals surface area contributed by atoms with Crippen LogP contribution < -0.4 is 0 Å². The lowest BCUT2D eigenvalue weighted by Crippen LogP contribution is -1.94. The van der Waals surface area contributed by atoms with Crippen LogP contribution in [0.1, 0.15) is 60.3 Å². The molecule has 0 fully saturated rings. The third-order valence-electron chi connectivity index (χ3n) is 2.57. The van der Waals surface area contributed by atoms with Crippen LogP contribution in [-0.2, 0) is 0 Å². The minimum Gasteiger partial charge on any atom is -0.396 e. The maximum absolute atomic E-state index is 8.69. The first-order chi connectivity index (χ1) is 9.08. The van der Waals surface area contributed by atoms with E-state index in [-0.39, 0.29) is 6.61 Å². The van der Waals surface area contributed by atoms with E-state index in [1.54, 1.807) is 0 Å². The molecule has 0 radical (unpaired) electrons. The smallest absolute Gasteiger partial charge is 0.0491 e. The summed E-state index contributed by atoms with van der Waals surface area (Å²) in [7, 11) is 0. The molecule has 0 bridgehead atoms. The van der Waals surface area contributed by atoms with Crippen molar-refractivity contribution in [2.24, 2.45) is 11.8 Å². The molecule has 1 unspecified atom stereocenters. The fourth-order valence-electron chi connectivity index (χ4n) is 1.30. The molecule has 0 aromatic heterocycles. The van der Waals surface area contributed by atoms with Gasteiger partial charge < -0.3 is 5.11 Å². The zero-order valence-corrected chi connectivity index (χ0v) is 13.6. The number of hydrogen-bond acceptors (Lipinski definition) is 1. The first-order valence-corrected chi connectivity index (χ1v) is 7.62. The van der Waals surface area contributed by atoms with Gasteiger partial charge in [-0.1, -0.05) is 64.2 Å². The van der Waals surface area contributed by atoms with Gasteiger partial charge in [0.25, 0.3) is 0 Å². The summed E-state index contributed by atoms with van der Waals surface area (Å²) in [6.07, 6.45) is 17.5. The zero-order valence-electron chi connectivity index (χ0n) is 13.6. The molecule has 1 N–H and O–H groups in total. The van der Waals surface area contributed by atoms with E-state index in [1.807, 2.05) is 13.8 Å². The van der Waals surface area contributed by atoms with Gasteiger partial charge in [-0.2, -0.15) is 0 Å². The highest BCUT2D eigenvalue weighted by atomic mass is 16.3. The molecule has 0 saturated carbocycles. The summed E-state index contributed by atoms with van der Waals surface area (Å²) in [4.78, 5) is 0. The normalized spacial score (nSPS) is 13.4. The largest absolute Gasteiger partial charge is 0.396 e. The second kappa shape index (κ2) is 17.2. The fraction of sp³-hybridized carbons (Fsp3) is 0.667. The lowest BCUT2D eigenvalue weighted by molar-refractivity contribution is 0.262. The molecular weight excluding hydrogens is 232 g/mol. The Morgan fingerprint density at radius 3 is 2.16 bits per heavy atom. The first-order valence-electron chi connectivity index (χ1n) is 7.62. The van der Waals surface area contributed by atoms with Gasteiger partial charge in [0.2, 0.25) is 0 Å². The van der Waals surface area contributed by atoms with Crippen LogP contribution in [0.4, 0.5) is 0 Å². The third kappa shape index (κ3) is 22.8. The molecule has 0 heterocycles. The van der Waals surface area contributed by atoms with Gasteiger partial charge in [0.15, 0.2) is 0 Å². The SMILES string of the molecule is CC(C)CCC=CC(C)CO.CC=CCC=CCC. The van der Waals surface area contributed by atoms with Crippen molar-refractivity contribution < 1.29 is 5.11 Å². The quantitative estimate of drug-likeness (QED) is 0.573. The van der Waals surface area contributed by atoms with Crippen molar-refractivity contribution in [3.8, 4) is 0 Å². The molecular formula is C18H34O. The van der Waals surface area contributed by atoms with Gasteiger partial charge >= 0.3 is 0 Å². The predicted molar refractivity (Wildman–Crippen MR) is 88.3 cm³/mol. The number of hydrogen-bond donors (Lipinski definition) is 1. The minimum atomic E-state index is 0.262. The highest BCUT2D eigenvalue weighted by Gasteiger charge is 1.92. The molecule has 0 amide bonds. The van der Waals surface area contributed by atoms with Crippen LogP contribution in [0.3, 0.4) is 0 Å². The summed E-state index contributed by atoms with van der Waals surface area (Å²) in [6, 6.07) is 0. The second-order valence-corrected chi connectivity index (χ2v) is 5.24. The van der Waals surface area contributed by atoms with Crippen LogP contribution in [-0.4, -0.2) is 11.7 Å². The van der Waals surface area contributed by atoms with Crippen molar-refractivity contribution in [1.29, 1.82) is 0 Å². The Balaban J connectivity index is 0. The summed E-state index contributed by atoms with van der Waals surface area (Å²) in [5.74, 6) is 1.10. The molecule has 1 heteroatoms. The third-order valence-corrected chi connectivity index (χ3v) is 2.57. The molecule has 0 spiro atoms. The number of aliphatic hydroxyl groups excluding tert-OH is 1. The minimum absolute atomic E-state index is 0.262. The van der Waals surface area contributed by atoms with Crippen LogP contribution in [0.25, 0.3) is 0 Å². The maximum atomic E-state index is 8.69. The molecule has 0 rings (SSSR count). The highest BCUT2D eigenvalue weighted by Crippen LogP contribution is 2.05. The molecule has 1 atom stereocenters. The Labute approximate surface area is 121 Å². The molecule has 0 saturated heterocycles. The number of allylic oxidation sites excluding steroid dienone is 5. The van der Waals surface area contributed by atoms with Crippen LogP contribution >= 0.6 is 0 Å². The van der Waals surface area contributed by atoms with Crippen molar-refractivity contribution in [2.75, 3.05) is 6.61 Å². The summed E-state index contributed by atoms with van der Waals surface area (Å²) < 4.78 is 0. The van der Waals surface area contributed by atoms with Gasteiger partial charge in [0.05, 0.1) is 0 Å². The summed E-state index contributed by atoms with van der Waals surface area (Å²) >= 11 is 0. The van der Waals surface area contributed by atoms with E-state index in [0.29, 0.717) is 5.92 Å². The average molecular weight is 266 g/mol. The van der Waals surface area contributed by atoms with Gasteiger partial charge in [-0.15, -0.1) is 0 Å². The Hall–Kier alpha value is -0.820. The monoisotopic (exact) mass is 266 g/mol. The molecule has 1 nitrogen and oxygen atoms in total. The Morgan fingerprint density at radius 2 is 1.68 bits per heavy atom. The lowest BCUT2D eigenvalue weighted by atomic mass is 10.1. The molecule has 0 aromatic rings. The van der Waals surface area contributed by atoms with E-state index >= 15 is 0 Å². The van der Waals surface area contributed by atoms with Gasteiger partial charge in [0.1, 0.15) is 0 Å². The van der Waals surface area contributed by atoms with Crippen molar-refractivity contribution in [2.45, 2.75) is 60.3 Å². The Bertz CT molecular complexity index is 236. The summed E-state index contributed by atoms with van der Waals surface area (Å²) in [5.41, 5.74) is 0. The van der Waals surface area contributed by atoms with Crippen LogP contribution in [0.15, 0.2) is 36.5 Å². The molecule has 0 aliphatic rings. The van der Waals surface area contributed by atoms with Crippen molar-refractivity contribution in [1.82, 2.24) is 0 Å². The van der Waals surface area contributed by atoms with Crippen molar-refractivity contribution in [3.63, 3.8) is 0 Å². The van der Waals surface area contributed by atoms with E-state index in [2.05, 4.69) is 57.2 Å². The Kier molecular flexibility index (Phi) is 18.5. The average Bonchev–Trinajstić information content (AvgIpc) is 2.40. The van der Waals surface area contributed by atoms with E-state index in [9.17, 15) is 0 Å². The van der Waals surface area contributed by atoms with Crippen LogP contribution in [0, 0.1) is 11.8 Å². The van der Waals surface area contributed by atoms with E-state index in [0.717, 1.165) is 25.2 Å². The van der Waals surface area contributed by atoms with Crippen LogP contribution in [0.5, 0.6) is 0 Å². The number of aliphatic hydroxyl groups is 1. The maximum Gasteiger partial charge on any atom is 0.0491 e. The molecule has 0 aromatic carbocycles. The topological polar surface area (TPSA) is 20.2 Å². The van der Waals surface area contributed by atoms with Gasteiger partial charge in [0, 0.05) is 6.61 Å². The van der Waals surface area contributed by atoms with Gasteiger partial charge in [-0.25, -0.2) is 0 Å². The van der Waals surface area contributed by atoms with E-state index in [4.69, 9.17) is 5.11 Å². The summed E-state index contributed by atoms with van der Waals surface area (Å²) in [6.45, 7) is 10.9. The van der Waals surface area contributed by atoms with Crippen molar-refractivity contribution >= 4 is 0 Å². The lowest BCUT2D eigenvalue weighted by Gasteiger charge is -2.01. The van der Waals surface area contributed by atoms with E-state index < -0.39 is 0 Å². The molecule has 0 aliphatic carbocycles. The Morgan fingerprint density at radius 1 is 1.00 bits per heavy atom.